The maximum atomic E-state index is 12.2. The molecule has 2 aromatic rings. The molecular weight excluding hydrogens is 360 g/mol. The van der Waals surface area contributed by atoms with Crippen LogP contribution in [0.15, 0.2) is 48.5 Å². The van der Waals surface area contributed by atoms with Crippen LogP contribution in [0.4, 0.5) is 11.4 Å². The summed E-state index contributed by atoms with van der Waals surface area (Å²) in [6.07, 6.45) is 1.91. The van der Waals surface area contributed by atoms with E-state index in [1.807, 2.05) is 19.1 Å². The molecule has 7 heteroatoms. The van der Waals surface area contributed by atoms with E-state index in [9.17, 15) is 13.2 Å². The van der Waals surface area contributed by atoms with Crippen molar-refractivity contribution in [3.8, 4) is 0 Å². The van der Waals surface area contributed by atoms with Crippen molar-refractivity contribution < 1.29 is 13.2 Å². The van der Waals surface area contributed by atoms with Crippen molar-refractivity contribution in [3.63, 3.8) is 0 Å². The number of carbonyl (C=O) groups excluding carboxylic acids is 1. The molecule has 0 aliphatic rings. The minimum Gasteiger partial charge on any atom is -0.326 e. The van der Waals surface area contributed by atoms with Crippen molar-refractivity contribution in [3.05, 3.63) is 59.1 Å². The van der Waals surface area contributed by atoms with Crippen LogP contribution in [0.2, 0.25) is 5.02 Å². The van der Waals surface area contributed by atoms with Crippen molar-refractivity contribution in [2.45, 2.75) is 19.8 Å². The minimum absolute atomic E-state index is 0.0494. The fraction of sp³-hybridized carbons (Fsp3) is 0.278. The van der Waals surface area contributed by atoms with Gasteiger partial charge in [0.05, 0.1) is 11.9 Å². The Balaban J connectivity index is 2.10. The molecule has 0 saturated carbocycles. The van der Waals surface area contributed by atoms with Gasteiger partial charge in [0.2, 0.25) is 15.9 Å². The largest absolute Gasteiger partial charge is 0.326 e. The number of carbonyl (C=O) groups is 1. The van der Waals surface area contributed by atoms with Gasteiger partial charge < -0.3 is 5.32 Å². The van der Waals surface area contributed by atoms with Crippen LogP contribution < -0.4 is 9.62 Å². The molecule has 134 valence electrons. The average Bonchev–Trinajstić information content (AvgIpc) is 2.56. The second kappa shape index (κ2) is 8.36. The molecule has 0 unspecified atom stereocenters. The molecule has 0 bridgehead atoms. The first kappa shape index (κ1) is 19.3. The number of nitrogens with zero attached hydrogens (tertiary/aromatic N) is 1. The molecule has 0 heterocycles. The quantitative estimate of drug-likeness (QED) is 0.796. The van der Waals surface area contributed by atoms with Crippen LogP contribution in [0.1, 0.15) is 18.9 Å². The summed E-state index contributed by atoms with van der Waals surface area (Å²) in [7, 11) is -3.49. The number of anilines is 2. The van der Waals surface area contributed by atoms with Gasteiger partial charge in [-0.25, -0.2) is 8.42 Å². The molecule has 2 aromatic carbocycles. The maximum Gasteiger partial charge on any atom is 0.232 e. The third-order valence-electron chi connectivity index (χ3n) is 3.71. The molecule has 0 aliphatic heterocycles. The first-order valence-electron chi connectivity index (χ1n) is 7.92. The highest BCUT2D eigenvalue weighted by atomic mass is 35.5. The van der Waals surface area contributed by atoms with Crippen molar-refractivity contribution in [1.29, 1.82) is 0 Å². The van der Waals surface area contributed by atoms with Gasteiger partial charge in [-0.3, -0.25) is 9.10 Å². The lowest BCUT2D eigenvalue weighted by Gasteiger charge is -2.24. The first-order chi connectivity index (χ1) is 11.8. The zero-order valence-corrected chi connectivity index (χ0v) is 15.8. The number of nitrogens with one attached hydrogen (secondary N) is 1. The van der Waals surface area contributed by atoms with Crippen molar-refractivity contribution in [2.24, 2.45) is 0 Å². The SMILES string of the molecule is CCc1ccccc1N(CCC(=O)Nc1ccc(Cl)cc1)S(C)(=O)=O. The van der Waals surface area contributed by atoms with E-state index < -0.39 is 10.0 Å². The standard InChI is InChI=1S/C18H21ClN2O3S/c1-3-14-6-4-5-7-17(14)21(25(2,23)24)13-12-18(22)20-16-10-8-15(19)9-11-16/h4-11H,3,12-13H2,1-2H3,(H,20,22). The van der Waals surface area contributed by atoms with Crippen LogP contribution >= 0.6 is 11.6 Å². The molecule has 5 nitrogen and oxygen atoms in total. The molecule has 0 aliphatic carbocycles. The van der Waals surface area contributed by atoms with Crippen LogP contribution in [-0.2, 0) is 21.2 Å². The van der Waals surface area contributed by atoms with Gasteiger partial charge in [0, 0.05) is 23.7 Å². The Bertz CT molecular complexity index is 836. The van der Waals surface area contributed by atoms with Crippen LogP contribution in [0.25, 0.3) is 0 Å². The summed E-state index contributed by atoms with van der Waals surface area (Å²) >= 11 is 5.81. The molecule has 0 atom stereocenters. The van der Waals surface area contributed by atoms with Gasteiger partial charge in [0.25, 0.3) is 0 Å². The smallest absolute Gasteiger partial charge is 0.232 e. The highest BCUT2D eigenvalue weighted by Crippen LogP contribution is 2.23. The second-order valence-electron chi connectivity index (χ2n) is 5.62. The molecule has 1 amide bonds. The predicted molar refractivity (Wildman–Crippen MR) is 103 cm³/mol. The van der Waals surface area contributed by atoms with Crippen molar-refractivity contribution in [2.75, 3.05) is 22.4 Å². The number of amides is 1. The summed E-state index contributed by atoms with van der Waals surface area (Å²) in [5, 5.41) is 3.32. The summed E-state index contributed by atoms with van der Waals surface area (Å²) in [5.41, 5.74) is 2.16. The lowest BCUT2D eigenvalue weighted by molar-refractivity contribution is -0.116. The van der Waals surface area contributed by atoms with Gasteiger partial charge in [-0.1, -0.05) is 36.7 Å². The lowest BCUT2D eigenvalue weighted by Crippen LogP contribution is -2.33. The Morgan fingerprint density at radius 2 is 1.76 bits per heavy atom. The number of hydrogen-bond acceptors (Lipinski definition) is 3. The van der Waals surface area contributed by atoms with E-state index in [1.165, 1.54) is 4.31 Å². The van der Waals surface area contributed by atoms with Gasteiger partial charge >= 0.3 is 0 Å². The number of halogens is 1. The molecular formula is C18H21ClN2O3S. The van der Waals surface area contributed by atoms with Crippen LogP contribution in [0.3, 0.4) is 0 Å². The van der Waals surface area contributed by atoms with Gasteiger partial charge in [0.1, 0.15) is 0 Å². The summed E-state index contributed by atoms with van der Waals surface area (Å²) in [4.78, 5) is 12.1. The summed E-state index contributed by atoms with van der Waals surface area (Å²) in [6.45, 7) is 2.04. The molecule has 0 aromatic heterocycles. The number of hydrogen-bond donors (Lipinski definition) is 1. The van der Waals surface area contributed by atoms with E-state index in [1.54, 1.807) is 36.4 Å². The summed E-state index contributed by atoms with van der Waals surface area (Å²) in [6, 6.07) is 14.1. The number of para-hydroxylation sites is 1. The van der Waals surface area contributed by atoms with E-state index in [0.717, 1.165) is 11.8 Å². The Morgan fingerprint density at radius 1 is 1.12 bits per heavy atom. The summed E-state index contributed by atoms with van der Waals surface area (Å²) < 4.78 is 25.7. The first-order valence-corrected chi connectivity index (χ1v) is 10.1. The fourth-order valence-corrected chi connectivity index (χ4v) is 3.56. The van der Waals surface area contributed by atoms with E-state index in [-0.39, 0.29) is 18.9 Å². The van der Waals surface area contributed by atoms with E-state index in [4.69, 9.17) is 11.6 Å². The van der Waals surface area contributed by atoms with E-state index >= 15 is 0 Å². The topological polar surface area (TPSA) is 66.5 Å². The number of benzene rings is 2. The zero-order valence-electron chi connectivity index (χ0n) is 14.2. The van der Waals surface area contributed by atoms with Crippen molar-refractivity contribution in [1.82, 2.24) is 0 Å². The Kier molecular flexibility index (Phi) is 6.45. The minimum atomic E-state index is -3.49. The van der Waals surface area contributed by atoms with E-state index in [0.29, 0.717) is 22.8 Å². The lowest BCUT2D eigenvalue weighted by atomic mass is 10.1. The number of rotatable bonds is 7. The fourth-order valence-electron chi connectivity index (χ4n) is 2.48. The Labute approximate surface area is 153 Å². The number of sulfonamides is 1. The van der Waals surface area contributed by atoms with Crippen LogP contribution in [0, 0.1) is 0 Å². The monoisotopic (exact) mass is 380 g/mol. The van der Waals surface area contributed by atoms with Crippen LogP contribution in [0.5, 0.6) is 0 Å². The average molecular weight is 381 g/mol. The molecule has 0 fully saturated rings. The highest BCUT2D eigenvalue weighted by molar-refractivity contribution is 7.92. The normalized spacial score (nSPS) is 11.2. The third-order valence-corrected chi connectivity index (χ3v) is 5.14. The highest BCUT2D eigenvalue weighted by Gasteiger charge is 2.20. The Hall–Kier alpha value is -2.05. The maximum absolute atomic E-state index is 12.2. The second-order valence-corrected chi connectivity index (χ2v) is 7.97. The Morgan fingerprint density at radius 3 is 2.36 bits per heavy atom. The van der Waals surface area contributed by atoms with Gasteiger partial charge in [-0.2, -0.15) is 0 Å². The molecule has 25 heavy (non-hydrogen) atoms. The summed E-state index contributed by atoms with van der Waals surface area (Å²) in [5.74, 6) is -0.259. The molecule has 0 spiro atoms. The van der Waals surface area contributed by atoms with Gasteiger partial charge in [-0.05, 0) is 42.3 Å². The van der Waals surface area contributed by atoms with Crippen LogP contribution in [-0.4, -0.2) is 27.1 Å². The van der Waals surface area contributed by atoms with Gasteiger partial charge in [0.15, 0.2) is 0 Å². The molecule has 1 N–H and O–H groups in total. The van der Waals surface area contributed by atoms with E-state index in [2.05, 4.69) is 5.32 Å². The zero-order chi connectivity index (χ0) is 18.4. The number of aryl methyl sites for hydroxylation is 1. The molecule has 0 saturated heterocycles. The molecule has 0 radical (unpaired) electrons. The predicted octanol–water partition coefficient (Wildman–Crippen LogP) is 3.70. The van der Waals surface area contributed by atoms with Gasteiger partial charge in [-0.15, -0.1) is 0 Å². The van der Waals surface area contributed by atoms with Crippen molar-refractivity contribution >= 4 is 38.9 Å². The third kappa shape index (κ3) is 5.47. The molecule has 2 rings (SSSR count).